The number of aromatic amines is 1. The van der Waals surface area contributed by atoms with E-state index >= 15 is 0 Å². The van der Waals surface area contributed by atoms with E-state index in [-0.39, 0.29) is 5.91 Å². The minimum atomic E-state index is -0.310. The third-order valence-electron chi connectivity index (χ3n) is 3.21. The van der Waals surface area contributed by atoms with Crippen LogP contribution >= 0.6 is 11.6 Å². The van der Waals surface area contributed by atoms with E-state index in [1.54, 1.807) is 42.5 Å². The molecule has 0 radical (unpaired) electrons. The van der Waals surface area contributed by atoms with Crippen LogP contribution < -0.4 is 5.32 Å². The van der Waals surface area contributed by atoms with Crippen molar-refractivity contribution in [3.63, 3.8) is 0 Å². The van der Waals surface area contributed by atoms with E-state index in [9.17, 15) is 4.79 Å². The number of rotatable bonds is 3. The van der Waals surface area contributed by atoms with Gasteiger partial charge in [-0.25, -0.2) is 0 Å². The fourth-order valence-corrected chi connectivity index (χ4v) is 2.25. The van der Waals surface area contributed by atoms with Gasteiger partial charge in [-0.1, -0.05) is 23.7 Å². The number of nitriles is 1. The predicted molar refractivity (Wildman–Crippen MR) is 88.1 cm³/mol. The molecule has 2 N–H and O–H groups in total. The number of anilines is 1. The lowest BCUT2D eigenvalue weighted by atomic mass is 10.1. The Labute approximate surface area is 137 Å². The van der Waals surface area contributed by atoms with Gasteiger partial charge in [0.2, 0.25) is 0 Å². The molecule has 0 bridgehead atoms. The summed E-state index contributed by atoms with van der Waals surface area (Å²) in [4.78, 5) is 12.2. The van der Waals surface area contributed by atoms with E-state index in [2.05, 4.69) is 15.5 Å². The van der Waals surface area contributed by atoms with Crippen molar-refractivity contribution in [3.05, 3.63) is 70.9 Å². The van der Waals surface area contributed by atoms with Crippen LogP contribution in [0.15, 0.2) is 54.6 Å². The van der Waals surface area contributed by atoms with Gasteiger partial charge in [0, 0.05) is 16.3 Å². The number of amides is 1. The second-order valence-corrected chi connectivity index (χ2v) is 5.26. The summed E-state index contributed by atoms with van der Waals surface area (Å²) in [5.74, 6) is -0.310. The average Bonchev–Trinajstić information content (AvgIpc) is 3.06. The minimum Gasteiger partial charge on any atom is -0.321 e. The second-order valence-electron chi connectivity index (χ2n) is 4.82. The molecule has 0 aliphatic carbocycles. The highest BCUT2D eigenvalue weighted by molar-refractivity contribution is 6.30. The lowest BCUT2D eigenvalue weighted by Crippen LogP contribution is -2.12. The first-order valence-corrected chi connectivity index (χ1v) is 7.16. The summed E-state index contributed by atoms with van der Waals surface area (Å²) < 4.78 is 0. The Morgan fingerprint density at radius 3 is 2.65 bits per heavy atom. The van der Waals surface area contributed by atoms with Crippen LogP contribution in [0.2, 0.25) is 5.02 Å². The lowest BCUT2D eigenvalue weighted by molar-refractivity contribution is 0.102. The second kappa shape index (κ2) is 6.34. The molecule has 0 saturated heterocycles. The maximum atomic E-state index is 12.2. The number of aromatic nitrogens is 2. The molecule has 3 aromatic rings. The molecule has 0 aliphatic heterocycles. The Bertz CT molecular complexity index is 893. The number of hydrogen-bond acceptors (Lipinski definition) is 3. The molecule has 23 heavy (non-hydrogen) atoms. The maximum Gasteiger partial charge on any atom is 0.273 e. The van der Waals surface area contributed by atoms with Gasteiger partial charge in [0.15, 0.2) is 0 Å². The number of hydrogen-bond donors (Lipinski definition) is 2. The van der Waals surface area contributed by atoms with E-state index in [1.807, 2.05) is 18.2 Å². The first-order valence-electron chi connectivity index (χ1n) is 6.78. The standard InChI is InChI=1S/C17H11ClN4O/c18-13-3-1-2-12(8-13)15-9-16(22-21-15)17(23)20-14-6-4-11(10-19)5-7-14/h1-9H,(H,20,23)(H,21,22). The van der Waals surface area contributed by atoms with Gasteiger partial charge in [0.05, 0.1) is 17.3 Å². The molecule has 6 heteroatoms. The van der Waals surface area contributed by atoms with E-state index in [1.165, 1.54) is 0 Å². The summed E-state index contributed by atoms with van der Waals surface area (Å²) in [6.45, 7) is 0. The highest BCUT2D eigenvalue weighted by atomic mass is 35.5. The quantitative estimate of drug-likeness (QED) is 0.768. The molecule has 0 atom stereocenters. The van der Waals surface area contributed by atoms with Gasteiger partial charge in [-0.2, -0.15) is 10.4 Å². The summed E-state index contributed by atoms with van der Waals surface area (Å²) in [7, 11) is 0. The third kappa shape index (κ3) is 3.39. The number of H-pyrrole nitrogens is 1. The Kier molecular flexibility index (Phi) is 4.09. The molecular weight excluding hydrogens is 312 g/mol. The molecule has 1 amide bonds. The van der Waals surface area contributed by atoms with Crippen molar-refractivity contribution in [2.45, 2.75) is 0 Å². The molecule has 112 valence electrons. The fourth-order valence-electron chi connectivity index (χ4n) is 2.06. The Morgan fingerprint density at radius 2 is 1.96 bits per heavy atom. The summed E-state index contributed by atoms with van der Waals surface area (Å²) in [6.07, 6.45) is 0. The minimum absolute atomic E-state index is 0.310. The number of nitrogens with one attached hydrogen (secondary N) is 2. The summed E-state index contributed by atoms with van der Waals surface area (Å²) in [5, 5.41) is 18.9. The van der Waals surface area contributed by atoms with Crippen molar-refractivity contribution in [2.75, 3.05) is 5.32 Å². The van der Waals surface area contributed by atoms with E-state index < -0.39 is 0 Å². The molecule has 1 heterocycles. The zero-order chi connectivity index (χ0) is 16.2. The van der Waals surface area contributed by atoms with Crippen molar-refractivity contribution in [1.82, 2.24) is 10.2 Å². The Hall–Kier alpha value is -3.10. The molecule has 5 nitrogen and oxygen atoms in total. The molecule has 0 unspecified atom stereocenters. The zero-order valence-corrected chi connectivity index (χ0v) is 12.6. The van der Waals surface area contributed by atoms with Crippen molar-refractivity contribution in [3.8, 4) is 17.3 Å². The number of halogens is 1. The van der Waals surface area contributed by atoms with E-state index in [0.717, 1.165) is 5.56 Å². The van der Waals surface area contributed by atoms with Crippen molar-refractivity contribution in [1.29, 1.82) is 5.26 Å². The summed E-state index contributed by atoms with van der Waals surface area (Å²) in [5.41, 5.74) is 2.94. The van der Waals surface area contributed by atoms with Crippen LogP contribution in [-0.4, -0.2) is 16.1 Å². The number of carbonyl (C=O) groups excluding carboxylic acids is 1. The summed E-state index contributed by atoms with van der Waals surface area (Å²) in [6, 6.07) is 17.5. The van der Waals surface area contributed by atoms with Crippen LogP contribution in [0.4, 0.5) is 5.69 Å². The monoisotopic (exact) mass is 322 g/mol. The first-order chi connectivity index (χ1) is 11.2. The summed E-state index contributed by atoms with van der Waals surface area (Å²) >= 11 is 5.96. The highest BCUT2D eigenvalue weighted by Crippen LogP contribution is 2.21. The van der Waals surface area contributed by atoms with Crippen molar-refractivity contribution >= 4 is 23.2 Å². The van der Waals surface area contributed by atoms with Gasteiger partial charge in [-0.15, -0.1) is 0 Å². The first kappa shape index (κ1) is 14.8. The largest absolute Gasteiger partial charge is 0.321 e. The highest BCUT2D eigenvalue weighted by Gasteiger charge is 2.11. The van der Waals surface area contributed by atoms with Gasteiger partial charge in [-0.3, -0.25) is 9.89 Å². The van der Waals surface area contributed by atoms with Crippen LogP contribution in [0.3, 0.4) is 0 Å². The SMILES string of the molecule is N#Cc1ccc(NC(=O)c2cc(-c3cccc(Cl)c3)n[nH]2)cc1. The Morgan fingerprint density at radius 1 is 1.17 bits per heavy atom. The molecule has 0 fully saturated rings. The van der Waals surface area contributed by atoms with Crippen LogP contribution in [0.25, 0.3) is 11.3 Å². The molecule has 3 rings (SSSR count). The van der Waals surface area contributed by atoms with Gasteiger partial charge in [0.1, 0.15) is 5.69 Å². The molecule has 1 aromatic heterocycles. The Balaban J connectivity index is 1.77. The topological polar surface area (TPSA) is 81.6 Å². The van der Waals surface area contributed by atoms with Gasteiger partial charge >= 0.3 is 0 Å². The molecule has 2 aromatic carbocycles. The van der Waals surface area contributed by atoms with Gasteiger partial charge in [-0.05, 0) is 42.5 Å². The molecule has 0 spiro atoms. The number of carbonyl (C=O) groups is 1. The molecule has 0 aliphatic rings. The molecule has 0 saturated carbocycles. The normalized spacial score (nSPS) is 10.1. The van der Waals surface area contributed by atoms with Gasteiger partial charge < -0.3 is 5.32 Å². The van der Waals surface area contributed by atoms with Crippen molar-refractivity contribution < 1.29 is 4.79 Å². The predicted octanol–water partition coefficient (Wildman–Crippen LogP) is 3.85. The van der Waals surface area contributed by atoms with Crippen molar-refractivity contribution in [2.24, 2.45) is 0 Å². The third-order valence-corrected chi connectivity index (χ3v) is 3.45. The van der Waals surface area contributed by atoms with Crippen LogP contribution in [0.1, 0.15) is 16.1 Å². The molecular formula is C17H11ClN4O. The number of benzene rings is 2. The van der Waals surface area contributed by atoms with E-state index in [4.69, 9.17) is 16.9 Å². The van der Waals surface area contributed by atoms with Crippen LogP contribution in [-0.2, 0) is 0 Å². The average molecular weight is 323 g/mol. The van der Waals surface area contributed by atoms with Crippen LogP contribution in [0, 0.1) is 11.3 Å². The van der Waals surface area contributed by atoms with Gasteiger partial charge in [0.25, 0.3) is 5.91 Å². The fraction of sp³-hybridized carbons (Fsp3) is 0. The maximum absolute atomic E-state index is 12.2. The zero-order valence-electron chi connectivity index (χ0n) is 11.9. The number of nitrogens with zero attached hydrogens (tertiary/aromatic N) is 2. The van der Waals surface area contributed by atoms with E-state index in [0.29, 0.717) is 27.7 Å². The van der Waals surface area contributed by atoms with Crippen LogP contribution in [0.5, 0.6) is 0 Å². The lowest BCUT2D eigenvalue weighted by Gasteiger charge is -2.02. The smallest absolute Gasteiger partial charge is 0.273 e.